The van der Waals surface area contributed by atoms with E-state index in [0.717, 1.165) is 11.8 Å². The van der Waals surface area contributed by atoms with Gasteiger partial charge >= 0.3 is 0 Å². The lowest BCUT2D eigenvalue weighted by molar-refractivity contribution is 0.566. The molecule has 0 radical (unpaired) electrons. The Kier molecular flexibility index (Phi) is 3.72. The highest BCUT2D eigenvalue weighted by atomic mass is 19.1. The van der Waals surface area contributed by atoms with Crippen molar-refractivity contribution in [3.8, 4) is 5.69 Å². The van der Waals surface area contributed by atoms with Crippen molar-refractivity contribution in [3.05, 3.63) is 47.8 Å². The van der Waals surface area contributed by atoms with Crippen LogP contribution in [0.2, 0.25) is 0 Å². The van der Waals surface area contributed by atoms with Gasteiger partial charge in [0.1, 0.15) is 11.5 Å². The van der Waals surface area contributed by atoms with Gasteiger partial charge in [0.15, 0.2) is 5.82 Å². The van der Waals surface area contributed by atoms with Crippen LogP contribution in [0.1, 0.15) is 19.5 Å². The summed E-state index contributed by atoms with van der Waals surface area (Å²) in [5.74, 6) is -1.22. The molecule has 0 atom stereocenters. The molecule has 2 aromatic rings. The van der Waals surface area contributed by atoms with Crippen LogP contribution in [0.3, 0.4) is 0 Å². The fraction of sp³-hybridized carbons (Fsp3) is 0.308. The second kappa shape index (κ2) is 5.27. The van der Waals surface area contributed by atoms with Crippen LogP contribution in [0.4, 0.5) is 8.78 Å². The predicted molar refractivity (Wildman–Crippen MR) is 65.5 cm³/mol. The van der Waals surface area contributed by atoms with Crippen molar-refractivity contribution in [1.82, 2.24) is 15.1 Å². The quantitative estimate of drug-likeness (QED) is 0.905. The number of nitrogens with one attached hydrogen (secondary N) is 1. The van der Waals surface area contributed by atoms with Crippen molar-refractivity contribution >= 4 is 0 Å². The third-order valence-electron chi connectivity index (χ3n) is 2.49. The lowest BCUT2D eigenvalue weighted by atomic mass is 10.3. The largest absolute Gasteiger partial charge is 0.309 e. The second-order valence-corrected chi connectivity index (χ2v) is 4.38. The topological polar surface area (TPSA) is 29.9 Å². The zero-order valence-electron chi connectivity index (χ0n) is 10.3. The van der Waals surface area contributed by atoms with E-state index < -0.39 is 11.6 Å². The molecule has 2 rings (SSSR count). The molecule has 18 heavy (non-hydrogen) atoms. The maximum absolute atomic E-state index is 13.5. The molecule has 96 valence electrons. The minimum Gasteiger partial charge on any atom is -0.309 e. The first-order valence-electron chi connectivity index (χ1n) is 5.79. The number of aromatic nitrogens is 2. The molecule has 3 nitrogen and oxygen atoms in total. The monoisotopic (exact) mass is 251 g/mol. The van der Waals surface area contributed by atoms with Gasteiger partial charge in [-0.15, -0.1) is 0 Å². The zero-order valence-corrected chi connectivity index (χ0v) is 10.3. The van der Waals surface area contributed by atoms with Gasteiger partial charge in [0, 0.05) is 24.8 Å². The SMILES string of the molecule is CC(C)NCc1ccn(-c2ccc(F)cc2F)n1. The smallest absolute Gasteiger partial charge is 0.151 e. The van der Waals surface area contributed by atoms with Crippen LogP contribution in [-0.2, 0) is 6.54 Å². The fourth-order valence-corrected chi connectivity index (χ4v) is 1.57. The van der Waals surface area contributed by atoms with E-state index in [2.05, 4.69) is 10.4 Å². The average Bonchev–Trinajstić information content (AvgIpc) is 2.75. The molecule has 0 saturated heterocycles. The van der Waals surface area contributed by atoms with Crippen LogP contribution >= 0.6 is 0 Å². The minimum atomic E-state index is -0.624. The third kappa shape index (κ3) is 2.92. The summed E-state index contributed by atoms with van der Waals surface area (Å²) in [6.45, 7) is 4.70. The Bertz CT molecular complexity index is 535. The molecule has 5 heteroatoms. The molecule has 1 N–H and O–H groups in total. The number of benzene rings is 1. The first-order valence-corrected chi connectivity index (χ1v) is 5.79. The van der Waals surface area contributed by atoms with Crippen LogP contribution < -0.4 is 5.32 Å². The third-order valence-corrected chi connectivity index (χ3v) is 2.49. The van der Waals surface area contributed by atoms with Crippen molar-refractivity contribution in [2.45, 2.75) is 26.4 Å². The summed E-state index contributed by atoms with van der Waals surface area (Å²) >= 11 is 0. The van der Waals surface area contributed by atoms with Crippen LogP contribution in [0.5, 0.6) is 0 Å². The molecular weight excluding hydrogens is 236 g/mol. The van der Waals surface area contributed by atoms with Crippen LogP contribution in [-0.4, -0.2) is 15.8 Å². The molecule has 0 bridgehead atoms. The first kappa shape index (κ1) is 12.7. The number of halogens is 2. The van der Waals surface area contributed by atoms with E-state index in [-0.39, 0.29) is 5.69 Å². The van der Waals surface area contributed by atoms with Crippen molar-refractivity contribution in [2.75, 3.05) is 0 Å². The lowest BCUT2D eigenvalue weighted by Gasteiger charge is -2.05. The Labute approximate surface area is 104 Å². The second-order valence-electron chi connectivity index (χ2n) is 4.38. The fourth-order valence-electron chi connectivity index (χ4n) is 1.57. The molecule has 1 aromatic heterocycles. The molecule has 0 spiro atoms. The summed E-state index contributed by atoms with van der Waals surface area (Å²) in [5, 5.41) is 7.46. The summed E-state index contributed by atoms with van der Waals surface area (Å²) in [5.41, 5.74) is 1.06. The zero-order chi connectivity index (χ0) is 13.1. The van der Waals surface area contributed by atoms with Gasteiger partial charge < -0.3 is 5.32 Å². The molecule has 0 aliphatic carbocycles. The van der Waals surface area contributed by atoms with E-state index in [9.17, 15) is 8.78 Å². The molecule has 1 heterocycles. The van der Waals surface area contributed by atoms with Gasteiger partial charge in [-0.2, -0.15) is 5.10 Å². The van der Waals surface area contributed by atoms with Gasteiger partial charge in [-0.25, -0.2) is 13.5 Å². The summed E-state index contributed by atoms with van der Waals surface area (Å²) in [4.78, 5) is 0. The Morgan fingerprint density at radius 2 is 2.06 bits per heavy atom. The van der Waals surface area contributed by atoms with E-state index >= 15 is 0 Å². The molecular formula is C13H15F2N3. The van der Waals surface area contributed by atoms with Gasteiger partial charge in [0.05, 0.1) is 5.69 Å². The molecule has 1 aromatic carbocycles. The predicted octanol–water partition coefficient (Wildman–Crippen LogP) is 2.65. The van der Waals surface area contributed by atoms with E-state index in [4.69, 9.17) is 0 Å². The summed E-state index contributed by atoms with van der Waals surface area (Å²) in [6, 6.07) is 5.60. The highest BCUT2D eigenvalue weighted by Gasteiger charge is 2.07. The Balaban J connectivity index is 2.18. The summed E-state index contributed by atoms with van der Waals surface area (Å²) in [6.07, 6.45) is 1.66. The maximum Gasteiger partial charge on any atom is 0.151 e. The Morgan fingerprint density at radius 1 is 1.28 bits per heavy atom. The van der Waals surface area contributed by atoms with E-state index in [1.54, 1.807) is 12.3 Å². The number of hydrogen-bond acceptors (Lipinski definition) is 2. The van der Waals surface area contributed by atoms with E-state index in [1.807, 2.05) is 13.8 Å². The standard InChI is InChI=1S/C13H15F2N3/c1-9(2)16-8-11-5-6-18(17-11)13-4-3-10(14)7-12(13)15/h3-7,9,16H,8H2,1-2H3. The van der Waals surface area contributed by atoms with Crippen molar-refractivity contribution in [3.63, 3.8) is 0 Å². The van der Waals surface area contributed by atoms with Crippen LogP contribution in [0.25, 0.3) is 5.69 Å². The number of hydrogen-bond donors (Lipinski definition) is 1. The molecule has 0 saturated carbocycles. The Morgan fingerprint density at radius 3 is 2.72 bits per heavy atom. The molecule has 0 unspecified atom stereocenters. The van der Waals surface area contributed by atoms with Gasteiger partial charge in [-0.1, -0.05) is 13.8 Å². The van der Waals surface area contributed by atoms with Crippen molar-refractivity contribution in [2.24, 2.45) is 0 Å². The van der Waals surface area contributed by atoms with Crippen molar-refractivity contribution < 1.29 is 8.78 Å². The molecule has 0 fully saturated rings. The van der Waals surface area contributed by atoms with E-state index in [1.165, 1.54) is 16.8 Å². The molecule has 0 amide bonds. The van der Waals surface area contributed by atoms with Gasteiger partial charge in [-0.3, -0.25) is 0 Å². The van der Waals surface area contributed by atoms with Gasteiger partial charge in [-0.05, 0) is 18.2 Å². The number of rotatable bonds is 4. The van der Waals surface area contributed by atoms with Crippen LogP contribution in [0.15, 0.2) is 30.5 Å². The molecule has 0 aliphatic heterocycles. The summed E-state index contributed by atoms with van der Waals surface area (Å²) in [7, 11) is 0. The van der Waals surface area contributed by atoms with Gasteiger partial charge in [0.2, 0.25) is 0 Å². The Hall–Kier alpha value is -1.75. The molecule has 0 aliphatic rings. The van der Waals surface area contributed by atoms with Gasteiger partial charge in [0.25, 0.3) is 0 Å². The lowest BCUT2D eigenvalue weighted by Crippen LogP contribution is -2.22. The normalized spacial score (nSPS) is 11.2. The van der Waals surface area contributed by atoms with Crippen molar-refractivity contribution in [1.29, 1.82) is 0 Å². The highest BCUT2D eigenvalue weighted by Crippen LogP contribution is 2.14. The first-order chi connectivity index (χ1) is 8.56. The van der Waals surface area contributed by atoms with E-state index in [0.29, 0.717) is 12.6 Å². The van der Waals surface area contributed by atoms with Crippen LogP contribution in [0, 0.1) is 11.6 Å². The summed E-state index contributed by atoms with van der Waals surface area (Å²) < 4.78 is 27.8. The maximum atomic E-state index is 13.5. The average molecular weight is 251 g/mol. The minimum absolute atomic E-state index is 0.243. The number of nitrogens with zero attached hydrogens (tertiary/aromatic N) is 2. The highest BCUT2D eigenvalue weighted by molar-refractivity contribution is 5.33.